The van der Waals surface area contributed by atoms with Gasteiger partial charge in [-0.05, 0) is 45.6 Å². The molecule has 0 radical (unpaired) electrons. The van der Waals surface area contributed by atoms with Gasteiger partial charge in [-0.15, -0.1) is 0 Å². The first-order valence-electron chi connectivity index (χ1n) is 7.41. The maximum absolute atomic E-state index is 9.54. The van der Waals surface area contributed by atoms with E-state index < -0.39 is 0 Å². The highest BCUT2D eigenvalue weighted by molar-refractivity contribution is 5.78. The summed E-state index contributed by atoms with van der Waals surface area (Å²) in [5, 5.41) is 18.5. The maximum Gasteiger partial charge on any atom is 0.158 e. The van der Waals surface area contributed by atoms with Gasteiger partial charge in [-0.1, -0.05) is 0 Å². The van der Waals surface area contributed by atoms with E-state index in [0.29, 0.717) is 12.1 Å². The second-order valence-electron chi connectivity index (χ2n) is 5.97. The highest BCUT2D eigenvalue weighted by Crippen LogP contribution is 2.24. The minimum Gasteiger partial charge on any atom is -0.393 e. The lowest BCUT2D eigenvalue weighted by atomic mass is 9.93. The highest BCUT2D eigenvalue weighted by atomic mass is 16.3. The molecule has 20 heavy (non-hydrogen) atoms. The van der Waals surface area contributed by atoms with Crippen molar-refractivity contribution in [3.8, 4) is 0 Å². The lowest BCUT2D eigenvalue weighted by Crippen LogP contribution is -2.28. The highest BCUT2D eigenvalue weighted by Gasteiger charge is 2.19. The Morgan fingerprint density at radius 3 is 2.70 bits per heavy atom. The van der Waals surface area contributed by atoms with Gasteiger partial charge in [0, 0.05) is 17.5 Å². The van der Waals surface area contributed by atoms with Gasteiger partial charge in [0.25, 0.3) is 0 Å². The standard InChI is InChI=1S/C15H22N4O/c1-10(2)19-15-11(8-17-19)7-13(9-16-15)18-12-3-5-14(20)6-4-12/h7-10,12,14,18,20H,3-6H2,1-2H3. The van der Waals surface area contributed by atoms with Crippen LogP contribution in [0.5, 0.6) is 0 Å². The lowest BCUT2D eigenvalue weighted by Gasteiger charge is -2.26. The number of fused-ring (bicyclic) bond motifs is 1. The van der Waals surface area contributed by atoms with Gasteiger partial charge in [-0.3, -0.25) is 0 Å². The number of rotatable bonds is 3. The normalized spacial score (nSPS) is 23.4. The average Bonchev–Trinajstić information content (AvgIpc) is 2.84. The van der Waals surface area contributed by atoms with E-state index in [2.05, 4.69) is 35.3 Å². The Morgan fingerprint density at radius 2 is 2.00 bits per heavy atom. The molecule has 108 valence electrons. The first-order valence-corrected chi connectivity index (χ1v) is 7.41. The number of pyridine rings is 1. The third-order valence-electron chi connectivity index (χ3n) is 3.99. The fourth-order valence-electron chi connectivity index (χ4n) is 2.85. The molecule has 1 aliphatic carbocycles. The topological polar surface area (TPSA) is 63.0 Å². The van der Waals surface area contributed by atoms with E-state index >= 15 is 0 Å². The molecule has 2 aromatic heterocycles. The Balaban J connectivity index is 1.76. The second-order valence-corrected chi connectivity index (χ2v) is 5.97. The Kier molecular flexibility index (Phi) is 3.61. The van der Waals surface area contributed by atoms with E-state index in [1.807, 2.05) is 17.1 Å². The zero-order chi connectivity index (χ0) is 14.1. The smallest absolute Gasteiger partial charge is 0.158 e. The van der Waals surface area contributed by atoms with Crippen molar-refractivity contribution in [2.75, 3.05) is 5.32 Å². The summed E-state index contributed by atoms with van der Waals surface area (Å²) in [4.78, 5) is 4.53. The predicted octanol–water partition coefficient (Wildman–Crippen LogP) is 2.73. The molecule has 1 aliphatic rings. The molecule has 0 aromatic carbocycles. The molecule has 0 bridgehead atoms. The van der Waals surface area contributed by atoms with Crippen LogP contribution in [0.4, 0.5) is 5.69 Å². The summed E-state index contributed by atoms with van der Waals surface area (Å²) < 4.78 is 1.94. The van der Waals surface area contributed by atoms with Crippen LogP contribution in [0.2, 0.25) is 0 Å². The zero-order valence-corrected chi connectivity index (χ0v) is 12.1. The summed E-state index contributed by atoms with van der Waals surface area (Å²) in [5.41, 5.74) is 1.98. The lowest BCUT2D eigenvalue weighted by molar-refractivity contribution is 0.126. The number of hydrogen-bond acceptors (Lipinski definition) is 4. The molecule has 1 fully saturated rings. The van der Waals surface area contributed by atoms with Gasteiger partial charge in [-0.25, -0.2) is 9.67 Å². The molecule has 2 N–H and O–H groups in total. The third kappa shape index (κ3) is 2.63. The number of aliphatic hydroxyl groups excluding tert-OH is 1. The fraction of sp³-hybridized carbons (Fsp3) is 0.600. The van der Waals surface area contributed by atoms with E-state index in [1.165, 1.54) is 0 Å². The van der Waals surface area contributed by atoms with Crippen molar-refractivity contribution in [1.29, 1.82) is 0 Å². The number of hydrogen-bond donors (Lipinski definition) is 2. The van der Waals surface area contributed by atoms with Gasteiger partial charge in [0.15, 0.2) is 5.65 Å². The Hall–Kier alpha value is -1.62. The van der Waals surface area contributed by atoms with Gasteiger partial charge in [-0.2, -0.15) is 5.10 Å². The number of aromatic nitrogens is 3. The van der Waals surface area contributed by atoms with Gasteiger partial charge >= 0.3 is 0 Å². The van der Waals surface area contributed by atoms with Crippen LogP contribution in [-0.4, -0.2) is 32.0 Å². The van der Waals surface area contributed by atoms with Crippen LogP contribution >= 0.6 is 0 Å². The molecule has 0 aliphatic heterocycles. The number of aliphatic hydroxyl groups is 1. The largest absolute Gasteiger partial charge is 0.393 e. The summed E-state index contributed by atoms with van der Waals surface area (Å²) >= 11 is 0. The minimum absolute atomic E-state index is 0.113. The van der Waals surface area contributed by atoms with Gasteiger partial charge < -0.3 is 10.4 Å². The monoisotopic (exact) mass is 274 g/mol. The molecule has 0 unspecified atom stereocenters. The molecule has 0 amide bonds. The maximum atomic E-state index is 9.54. The molecule has 2 aromatic rings. The van der Waals surface area contributed by atoms with E-state index in [1.54, 1.807) is 0 Å². The molecular weight excluding hydrogens is 252 g/mol. The molecule has 0 saturated heterocycles. The van der Waals surface area contributed by atoms with E-state index in [-0.39, 0.29) is 6.10 Å². The van der Waals surface area contributed by atoms with Crippen LogP contribution < -0.4 is 5.32 Å². The Bertz CT molecular complexity index is 585. The van der Waals surface area contributed by atoms with E-state index in [0.717, 1.165) is 42.4 Å². The van der Waals surface area contributed by atoms with Crippen LogP contribution in [0.1, 0.15) is 45.6 Å². The summed E-state index contributed by atoms with van der Waals surface area (Å²) in [6.07, 6.45) is 7.45. The first kappa shape index (κ1) is 13.4. The van der Waals surface area contributed by atoms with Gasteiger partial charge in [0.05, 0.1) is 24.2 Å². The van der Waals surface area contributed by atoms with E-state index in [4.69, 9.17) is 0 Å². The van der Waals surface area contributed by atoms with Crippen LogP contribution in [-0.2, 0) is 0 Å². The number of nitrogens with zero attached hydrogens (tertiary/aromatic N) is 3. The van der Waals surface area contributed by atoms with Crippen molar-refractivity contribution in [3.63, 3.8) is 0 Å². The molecule has 5 heteroatoms. The van der Waals surface area contributed by atoms with Crippen LogP contribution in [0.25, 0.3) is 11.0 Å². The summed E-state index contributed by atoms with van der Waals surface area (Å²) in [5.74, 6) is 0. The van der Waals surface area contributed by atoms with Crippen molar-refractivity contribution in [1.82, 2.24) is 14.8 Å². The van der Waals surface area contributed by atoms with Crippen LogP contribution in [0.3, 0.4) is 0 Å². The second kappa shape index (κ2) is 5.40. The number of nitrogens with one attached hydrogen (secondary N) is 1. The minimum atomic E-state index is -0.113. The van der Waals surface area contributed by atoms with E-state index in [9.17, 15) is 5.11 Å². The Morgan fingerprint density at radius 1 is 1.25 bits per heavy atom. The van der Waals surface area contributed by atoms with Crippen LogP contribution in [0, 0.1) is 0 Å². The fourth-order valence-corrected chi connectivity index (χ4v) is 2.85. The first-order chi connectivity index (χ1) is 9.63. The zero-order valence-electron chi connectivity index (χ0n) is 12.1. The molecular formula is C15H22N4O. The molecule has 1 saturated carbocycles. The van der Waals surface area contributed by atoms with Crippen molar-refractivity contribution in [2.24, 2.45) is 0 Å². The molecule has 5 nitrogen and oxygen atoms in total. The SMILES string of the molecule is CC(C)n1ncc2cc(NC3CCC(O)CC3)cnc21. The van der Waals surface area contributed by atoms with Crippen molar-refractivity contribution in [3.05, 3.63) is 18.5 Å². The quantitative estimate of drug-likeness (QED) is 0.903. The summed E-state index contributed by atoms with van der Waals surface area (Å²) in [6.45, 7) is 4.21. The van der Waals surface area contributed by atoms with Crippen LogP contribution in [0.15, 0.2) is 18.5 Å². The summed E-state index contributed by atoms with van der Waals surface area (Å²) in [7, 11) is 0. The molecule has 0 atom stereocenters. The van der Waals surface area contributed by atoms with Crippen molar-refractivity contribution in [2.45, 2.75) is 57.7 Å². The average molecular weight is 274 g/mol. The molecule has 3 rings (SSSR count). The van der Waals surface area contributed by atoms with Gasteiger partial charge in [0.2, 0.25) is 0 Å². The molecule has 2 heterocycles. The Labute approximate surface area is 119 Å². The van der Waals surface area contributed by atoms with Gasteiger partial charge in [0.1, 0.15) is 0 Å². The summed E-state index contributed by atoms with van der Waals surface area (Å²) in [6, 6.07) is 2.87. The third-order valence-corrected chi connectivity index (χ3v) is 3.99. The predicted molar refractivity (Wildman–Crippen MR) is 79.8 cm³/mol. The van der Waals surface area contributed by atoms with Crippen molar-refractivity contribution < 1.29 is 5.11 Å². The molecule has 0 spiro atoms. The van der Waals surface area contributed by atoms with Crippen molar-refractivity contribution >= 4 is 16.7 Å². The number of anilines is 1.